The van der Waals surface area contributed by atoms with Gasteiger partial charge in [-0.15, -0.1) is 0 Å². The van der Waals surface area contributed by atoms with E-state index >= 15 is 0 Å². The molecule has 0 spiro atoms. The SMILES string of the molecule is Cc1cc(NC(=O)c2cnc(Nc3ccc4c(c3)OCCO4)nc2)no1. The van der Waals surface area contributed by atoms with Gasteiger partial charge in [0.2, 0.25) is 5.95 Å². The summed E-state index contributed by atoms with van der Waals surface area (Å²) >= 11 is 0. The molecule has 0 fully saturated rings. The van der Waals surface area contributed by atoms with Crippen molar-refractivity contribution in [2.75, 3.05) is 23.8 Å². The Kier molecular flexibility index (Phi) is 4.10. The van der Waals surface area contributed by atoms with Crippen molar-refractivity contribution in [3.8, 4) is 11.5 Å². The molecule has 0 radical (unpaired) electrons. The summed E-state index contributed by atoms with van der Waals surface area (Å²) in [6.07, 6.45) is 2.85. The number of hydrogen-bond acceptors (Lipinski definition) is 8. The Hall–Kier alpha value is -3.62. The Balaban J connectivity index is 1.43. The van der Waals surface area contributed by atoms with Crippen molar-refractivity contribution in [2.45, 2.75) is 6.92 Å². The van der Waals surface area contributed by atoms with Crippen LogP contribution in [0.2, 0.25) is 0 Å². The zero-order valence-corrected chi connectivity index (χ0v) is 13.9. The van der Waals surface area contributed by atoms with Crippen LogP contribution >= 0.6 is 0 Å². The van der Waals surface area contributed by atoms with E-state index in [0.717, 1.165) is 5.69 Å². The lowest BCUT2D eigenvalue weighted by Crippen LogP contribution is -2.15. The minimum Gasteiger partial charge on any atom is -0.486 e. The van der Waals surface area contributed by atoms with Gasteiger partial charge in [0.25, 0.3) is 5.91 Å². The van der Waals surface area contributed by atoms with Crippen LogP contribution in [0.3, 0.4) is 0 Å². The molecule has 0 bridgehead atoms. The first-order valence-corrected chi connectivity index (χ1v) is 7.91. The van der Waals surface area contributed by atoms with Gasteiger partial charge in [0, 0.05) is 30.2 Å². The highest BCUT2D eigenvalue weighted by atomic mass is 16.6. The number of aryl methyl sites for hydroxylation is 1. The summed E-state index contributed by atoms with van der Waals surface area (Å²) in [6.45, 7) is 2.80. The first-order chi connectivity index (χ1) is 12.7. The lowest BCUT2D eigenvalue weighted by Gasteiger charge is -2.18. The van der Waals surface area contributed by atoms with Gasteiger partial charge in [-0.05, 0) is 19.1 Å². The lowest BCUT2D eigenvalue weighted by molar-refractivity contribution is 0.102. The number of amides is 1. The molecule has 1 aromatic carbocycles. The summed E-state index contributed by atoms with van der Waals surface area (Å²) in [5.74, 6) is 2.30. The molecule has 0 saturated heterocycles. The summed E-state index contributed by atoms with van der Waals surface area (Å²) in [5.41, 5.74) is 1.06. The van der Waals surface area contributed by atoms with E-state index < -0.39 is 0 Å². The van der Waals surface area contributed by atoms with E-state index in [4.69, 9.17) is 14.0 Å². The summed E-state index contributed by atoms with van der Waals surface area (Å²) in [5, 5.41) is 9.37. The average molecular weight is 353 g/mol. The molecule has 26 heavy (non-hydrogen) atoms. The number of rotatable bonds is 4. The predicted octanol–water partition coefficient (Wildman–Crippen LogP) is 2.54. The fourth-order valence-corrected chi connectivity index (χ4v) is 2.37. The maximum absolute atomic E-state index is 12.1. The molecule has 0 aliphatic carbocycles. The number of benzene rings is 1. The van der Waals surface area contributed by atoms with Crippen molar-refractivity contribution in [3.63, 3.8) is 0 Å². The third-order valence-electron chi connectivity index (χ3n) is 3.58. The van der Waals surface area contributed by atoms with Crippen LogP contribution in [0, 0.1) is 6.92 Å². The molecule has 132 valence electrons. The van der Waals surface area contributed by atoms with Crippen molar-refractivity contribution >= 4 is 23.4 Å². The van der Waals surface area contributed by atoms with Crippen LogP contribution in [0.25, 0.3) is 0 Å². The van der Waals surface area contributed by atoms with Gasteiger partial charge in [0.15, 0.2) is 17.3 Å². The molecule has 0 saturated carbocycles. The Labute approximate surface area is 148 Å². The third-order valence-corrected chi connectivity index (χ3v) is 3.58. The van der Waals surface area contributed by atoms with Crippen LogP contribution in [0.4, 0.5) is 17.5 Å². The molecule has 4 rings (SSSR count). The van der Waals surface area contributed by atoms with Crippen molar-refractivity contribution < 1.29 is 18.8 Å². The highest BCUT2D eigenvalue weighted by Gasteiger charge is 2.13. The summed E-state index contributed by atoms with van der Waals surface area (Å²) < 4.78 is 15.9. The first-order valence-electron chi connectivity index (χ1n) is 7.91. The Morgan fingerprint density at radius 2 is 1.85 bits per heavy atom. The maximum atomic E-state index is 12.1. The van der Waals surface area contributed by atoms with E-state index in [-0.39, 0.29) is 5.91 Å². The van der Waals surface area contributed by atoms with E-state index in [1.54, 1.807) is 13.0 Å². The zero-order valence-electron chi connectivity index (χ0n) is 13.9. The average Bonchev–Trinajstić information content (AvgIpc) is 3.07. The van der Waals surface area contributed by atoms with E-state index in [9.17, 15) is 4.79 Å². The molecule has 9 nitrogen and oxygen atoms in total. The Morgan fingerprint density at radius 1 is 1.08 bits per heavy atom. The van der Waals surface area contributed by atoms with Gasteiger partial charge in [0.1, 0.15) is 19.0 Å². The molecule has 0 atom stereocenters. The lowest BCUT2D eigenvalue weighted by atomic mass is 10.2. The largest absolute Gasteiger partial charge is 0.486 e. The molecule has 9 heteroatoms. The second-order valence-electron chi connectivity index (χ2n) is 5.56. The number of anilines is 3. The van der Waals surface area contributed by atoms with Crippen LogP contribution in [0.15, 0.2) is 41.2 Å². The maximum Gasteiger partial charge on any atom is 0.260 e. The molecular weight excluding hydrogens is 338 g/mol. The molecule has 2 aromatic heterocycles. The van der Waals surface area contributed by atoms with Crippen LogP contribution in [0.5, 0.6) is 11.5 Å². The summed E-state index contributed by atoms with van der Waals surface area (Å²) in [6, 6.07) is 7.09. The fourth-order valence-electron chi connectivity index (χ4n) is 2.37. The number of nitrogens with zero attached hydrogens (tertiary/aromatic N) is 3. The second kappa shape index (κ2) is 6.71. The van der Waals surface area contributed by atoms with Crippen LogP contribution < -0.4 is 20.1 Å². The molecule has 3 heterocycles. The Morgan fingerprint density at radius 3 is 2.58 bits per heavy atom. The van der Waals surface area contributed by atoms with Crippen molar-refractivity contribution in [2.24, 2.45) is 0 Å². The number of ether oxygens (including phenoxy) is 2. The van der Waals surface area contributed by atoms with Gasteiger partial charge in [-0.1, -0.05) is 5.16 Å². The van der Waals surface area contributed by atoms with Gasteiger partial charge in [0.05, 0.1) is 5.56 Å². The van der Waals surface area contributed by atoms with E-state index in [0.29, 0.717) is 47.8 Å². The topological polar surface area (TPSA) is 111 Å². The van der Waals surface area contributed by atoms with Crippen LogP contribution in [-0.4, -0.2) is 34.2 Å². The number of fused-ring (bicyclic) bond motifs is 1. The van der Waals surface area contributed by atoms with Crippen molar-refractivity contribution in [1.82, 2.24) is 15.1 Å². The quantitative estimate of drug-likeness (QED) is 0.736. The molecule has 0 unspecified atom stereocenters. The van der Waals surface area contributed by atoms with Gasteiger partial charge < -0.3 is 24.6 Å². The standard InChI is InChI=1S/C17H15N5O4/c1-10-6-15(22-26-10)21-16(23)11-8-18-17(19-9-11)20-12-2-3-13-14(7-12)25-5-4-24-13/h2-3,6-9H,4-5H2,1H3,(H,18,19,20)(H,21,22,23). The normalized spacial score (nSPS) is 12.5. The molecule has 1 aliphatic rings. The van der Waals surface area contributed by atoms with Crippen molar-refractivity contribution in [1.29, 1.82) is 0 Å². The number of nitrogens with one attached hydrogen (secondary N) is 2. The van der Waals surface area contributed by atoms with Gasteiger partial charge in [-0.25, -0.2) is 9.97 Å². The van der Waals surface area contributed by atoms with Gasteiger partial charge in [-0.3, -0.25) is 4.79 Å². The van der Waals surface area contributed by atoms with Crippen LogP contribution in [0.1, 0.15) is 16.1 Å². The van der Waals surface area contributed by atoms with E-state index in [1.807, 2.05) is 18.2 Å². The van der Waals surface area contributed by atoms with Crippen LogP contribution in [-0.2, 0) is 0 Å². The minimum absolute atomic E-state index is 0.304. The predicted molar refractivity (Wildman–Crippen MR) is 91.9 cm³/mol. The summed E-state index contributed by atoms with van der Waals surface area (Å²) in [4.78, 5) is 20.4. The fraction of sp³-hybridized carbons (Fsp3) is 0.176. The zero-order chi connectivity index (χ0) is 17.9. The first kappa shape index (κ1) is 15.9. The van der Waals surface area contributed by atoms with E-state index in [1.165, 1.54) is 12.4 Å². The highest BCUT2D eigenvalue weighted by molar-refractivity contribution is 6.03. The molecule has 1 amide bonds. The molecule has 3 aromatic rings. The number of carbonyl (C=O) groups excluding carboxylic acids is 1. The smallest absolute Gasteiger partial charge is 0.260 e. The molecular formula is C17H15N5O4. The number of carbonyl (C=O) groups is 1. The van der Waals surface area contributed by atoms with Gasteiger partial charge >= 0.3 is 0 Å². The minimum atomic E-state index is -0.371. The number of hydrogen-bond donors (Lipinski definition) is 2. The monoisotopic (exact) mass is 353 g/mol. The van der Waals surface area contributed by atoms with E-state index in [2.05, 4.69) is 25.8 Å². The Bertz CT molecular complexity index is 939. The molecule has 2 N–H and O–H groups in total. The second-order valence-corrected chi connectivity index (χ2v) is 5.56. The van der Waals surface area contributed by atoms with Crippen molar-refractivity contribution in [3.05, 3.63) is 48.0 Å². The highest BCUT2D eigenvalue weighted by Crippen LogP contribution is 2.33. The molecule has 1 aliphatic heterocycles. The summed E-state index contributed by atoms with van der Waals surface area (Å²) in [7, 11) is 0. The number of aromatic nitrogens is 3. The third kappa shape index (κ3) is 3.41. The van der Waals surface area contributed by atoms with Gasteiger partial charge in [-0.2, -0.15) is 0 Å².